The molecule has 2 nitrogen and oxygen atoms in total. The van der Waals surface area contributed by atoms with Gasteiger partial charge in [0.25, 0.3) is 0 Å². The lowest BCUT2D eigenvalue weighted by molar-refractivity contribution is 0.151. The maximum atomic E-state index is 5.37. The normalized spacial score (nSPS) is 13.2. The molecule has 0 fully saturated rings. The van der Waals surface area contributed by atoms with E-state index in [9.17, 15) is 0 Å². The van der Waals surface area contributed by atoms with Gasteiger partial charge in [0.15, 0.2) is 0 Å². The van der Waals surface area contributed by atoms with Crippen molar-refractivity contribution in [2.24, 2.45) is 5.73 Å². The average molecular weight is 115 g/mol. The van der Waals surface area contributed by atoms with E-state index >= 15 is 0 Å². The van der Waals surface area contributed by atoms with Gasteiger partial charge in [-0.2, -0.15) is 0 Å². The number of nitrogens with two attached hydrogens (primary N) is 1. The van der Waals surface area contributed by atoms with Crippen LogP contribution in [0, 0.1) is 0 Å². The molecule has 0 aliphatic rings. The molecule has 0 spiro atoms. The molecule has 0 heterocycles. The van der Waals surface area contributed by atoms with Crippen LogP contribution >= 0.6 is 0 Å². The van der Waals surface area contributed by atoms with Gasteiger partial charge in [-0.3, -0.25) is 0 Å². The quantitative estimate of drug-likeness (QED) is 0.428. The monoisotopic (exact) mass is 115 g/mol. The molecule has 0 rings (SSSR count). The van der Waals surface area contributed by atoms with E-state index in [1.54, 1.807) is 6.08 Å². The molecule has 0 saturated carbocycles. The molecule has 2 heteroatoms. The summed E-state index contributed by atoms with van der Waals surface area (Å²) in [6.45, 7) is 6.61. The van der Waals surface area contributed by atoms with E-state index in [0.717, 1.165) is 0 Å². The Morgan fingerprint density at radius 1 is 1.88 bits per heavy atom. The predicted molar refractivity (Wildman–Crippen MR) is 34.7 cm³/mol. The van der Waals surface area contributed by atoms with Crippen molar-refractivity contribution in [3.05, 3.63) is 12.7 Å². The van der Waals surface area contributed by atoms with Crippen molar-refractivity contribution in [1.29, 1.82) is 0 Å². The number of rotatable bonds is 4. The lowest BCUT2D eigenvalue weighted by Crippen LogP contribution is -2.21. The maximum Gasteiger partial charge on any atom is 0.0645 e. The van der Waals surface area contributed by atoms with Crippen LogP contribution in [0.1, 0.15) is 6.92 Å². The van der Waals surface area contributed by atoms with Crippen LogP contribution in [0.5, 0.6) is 0 Å². The van der Waals surface area contributed by atoms with Crippen molar-refractivity contribution in [3.63, 3.8) is 0 Å². The van der Waals surface area contributed by atoms with Gasteiger partial charge in [-0.1, -0.05) is 6.08 Å². The fraction of sp³-hybridized carbons (Fsp3) is 0.667. The first kappa shape index (κ1) is 7.66. The number of hydrogen-bond donors (Lipinski definition) is 1. The van der Waals surface area contributed by atoms with Gasteiger partial charge in [0.05, 0.1) is 13.2 Å². The zero-order valence-corrected chi connectivity index (χ0v) is 5.26. The molecule has 0 aliphatic carbocycles. The van der Waals surface area contributed by atoms with Crippen molar-refractivity contribution in [3.8, 4) is 0 Å². The van der Waals surface area contributed by atoms with E-state index in [0.29, 0.717) is 13.2 Å². The van der Waals surface area contributed by atoms with Gasteiger partial charge in [-0.25, -0.2) is 0 Å². The molecule has 2 N–H and O–H groups in total. The molecule has 1 unspecified atom stereocenters. The lowest BCUT2D eigenvalue weighted by atomic mass is 10.4. The van der Waals surface area contributed by atoms with Crippen LogP contribution < -0.4 is 5.73 Å². The van der Waals surface area contributed by atoms with Crippen molar-refractivity contribution in [2.75, 3.05) is 13.2 Å². The molecule has 0 aromatic heterocycles. The summed E-state index contributed by atoms with van der Waals surface area (Å²) in [6.07, 6.45) is 1.71. The number of hydrogen-bond acceptors (Lipinski definition) is 2. The number of ether oxygens (including phenoxy) is 1. The van der Waals surface area contributed by atoms with Gasteiger partial charge in [0.2, 0.25) is 0 Å². The predicted octanol–water partition coefficient (Wildman–Crippen LogP) is 0.536. The van der Waals surface area contributed by atoms with Crippen molar-refractivity contribution in [1.82, 2.24) is 0 Å². The Bertz CT molecular complexity index is 61.5. The van der Waals surface area contributed by atoms with Crippen molar-refractivity contribution >= 4 is 0 Å². The molecule has 0 radical (unpaired) electrons. The summed E-state index contributed by atoms with van der Waals surface area (Å²) >= 11 is 0. The van der Waals surface area contributed by atoms with Gasteiger partial charge in [-0.05, 0) is 6.92 Å². The van der Waals surface area contributed by atoms with E-state index < -0.39 is 0 Å². The summed E-state index contributed by atoms with van der Waals surface area (Å²) < 4.78 is 5.00. The minimum atomic E-state index is 0.134. The second-order valence-corrected chi connectivity index (χ2v) is 1.80. The molecule has 0 bridgehead atoms. The van der Waals surface area contributed by atoms with E-state index in [1.165, 1.54) is 0 Å². The van der Waals surface area contributed by atoms with Crippen LogP contribution in [-0.2, 0) is 4.74 Å². The Hall–Kier alpha value is -0.340. The topological polar surface area (TPSA) is 35.2 Å². The highest BCUT2D eigenvalue weighted by atomic mass is 16.5. The SMILES string of the molecule is C=CCOCC(C)N. The Kier molecular flexibility index (Phi) is 4.61. The van der Waals surface area contributed by atoms with Crippen LogP contribution in [0.4, 0.5) is 0 Å². The van der Waals surface area contributed by atoms with Crippen molar-refractivity contribution < 1.29 is 4.74 Å². The largest absolute Gasteiger partial charge is 0.376 e. The molecule has 0 amide bonds. The first-order valence-corrected chi connectivity index (χ1v) is 2.71. The zero-order valence-electron chi connectivity index (χ0n) is 5.26. The Morgan fingerprint density at radius 2 is 2.50 bits per heavy atom. The molecule has 0 saturated heterocycles. The molecule has 0 aromatic rings. The van der Waals surface area contributed by atoms with E-state index in [1.807, 2.05) is 6.92 Å². The second-order valence-electron chi connectivity index (χ2n) is 1.80. The third-order valence-electron chi connectivity index (χ3n) is 0.616. The highest BCUT2D eigenvalue weighted by Gasteiger charge is 1.89. The molecule has 48 valence electrons. The van der Waals surface area contributed by atoms with E-state index in [4.69, 9.17) is 10.5 Å². The third kappa shape index (κ3) is 5.66. The average Bonchev–Trinajstić information content (AvgIpc) is 1.66. The summed E-state index contributed by atoms with van der Waals surface area (Å²) in [5.74, 6) is 0. The van der Waals surface area contributed by atoms with Gasteiger partial charge in [0, 0.05) is 6.04 Å². The van der Waals surface area contributed by atoms with Crippen LogP contribution in [0.25, 0.3) is 0 Å². The lowest BCUT2D eigenvalue weighted by Gasteiger charge is -2.02. The van der Waals surface area contributed by atoms with Gasteiger partial charge >= 0.3 is 0 Å². The van der Waals surface area contributed by atoms with Crippen molar-refractivity contribution in [2.45, 2.75) is 13.0 Å². The van der Waals surface area contributed by atoms with Crippen LogP contribution in [0.2, 0.25) is 0 Å². The van der Waals surface area contributed by atoms with Gasteiger partial charge in [-0.15, -0.1) is 6.58 Å². The van der Waals surface area contributed by atoms with Gasteiger partial charge < -0.3 is 10.5 Å². The molecular formula is C6H13NO. The second kappa shape index (κ2) is 4.81. The summed E-state index contributed by atoms with van der Waals surface area (Å²) in [4.78, 5) is 0. The Labute approximate surface area is 50.3 Å². The molecule has 0 aliphatic heterocycles. The Morgan fingerprint density at radius 3 is 2.88 bits per heavy atom. The van der Waals surface area contributed by atoms with Gasteiger partial charge in [0.1, 0.15) is 0 Å². The minimum absolute atomic E-state index is 0.134. The smallest absolute Gasteiger partial charge is 0.0645 e. The summed E-state index contributed by atoms with van der Waals surface area (Å²) in [7, 11) is 0. The van der Waals surface area contributed by atoms with E-state index in [-0.39, 0.29) is 6.04 Å². The first-order chi connectivity index (χ1) is 3.77. The highest BCUT2D eigenvalue weighted by Crippen LogP contribution is 1.78. The summed E-state index contributed by atoms with van der Waals surface area (Å²) in [5, 5.41) is 0. The minimum Gasteiger partial charge on any atom is -0.376 e. The van der Waals surface area contributed by atoms with Crippen LogP contribution in [0.3, 0.4) is 0 Å². The summed E-state index contributed by atoms with van der Waals surface area (Å²) in [5.41, 5.74) is 5.37. The maximum absolute atomic E-state index is 5.37. The van der Waals surface area contributed by atoms with Crippen LogP contribution in [0.15, 0.2) is 12.7 Å². The molecule has 1 atom stereocenters. The standard InChI is InChI=1S/C6H13NO/c1-3-4-8-5-6(2)7/h3,6H,1,4-5,7H2,2H3. The van der Waals surface area contributed by atoms with Crippen LogP contribution in [-0.4, -0.2) is 19.3 Å². The fourth-order valence-corrected chi connectivity index (χ4v) is 0.337. The summed E-state index contributed by atoms with van der Waals surface area (Å²) in [6, 6.07) is 0.134. The molecule has 0 aromatic carbocycles. The first-order valence-electron chi connectivity index (χ1n) is 2.71. The fourth-order valence-electron chi connectivity index (χ4n) is 0.337. The Balaban J connectivity index is 2.81. The zero-order chi connectivity index (χ0) is 6.41. The third-order valence-corrected chi connectivity index (χ3v) is 0.616. The highest BCUT2D eigenvalue weighted by molar-refractivity contribution is 4.64. The molecular weight excluding hydrogens is 102 g/mol. The molecule has 8 heavy (non-hydrogen) atoms. The van der Waals surface area contributed by atoms with E-state index in [2.05, 4.69) is 6.58 Å².